The maximum absolute atomic E-state index is 4.64. The molecule has 2 aromatic rings. The van der Waals surface area contributed by atoms with Crippen molar-refractivity contribution in [1.29, 1.82) is 0 Å². The summed E-state index contributed by atoms with van der Waals surface area (Å²) < 4.78 is 0.994. The van der Waals surface area contributed by atoms with E-state index in [1.54, 1.807) is 0 Å². The summed E-state index contributed by atoms with van der Waals surface area (Å²) in [5, 5.41) is 0. The summed E-state index contributed by atoms with van der Waals surface area (Å²) in [6.07, 6.45) is 12.1. The average molecular weight is 346 g/mol. The first-order chi connectivity index (χ1) is 10.3. The van der Waals surface area contributed by atoms with Crippen LogP contribution >= 0.6 is 15.9 Å². The molecule has 2 aromatic heterocycles. The Hall–Kier alpha value is -1.16. The first kappa shape index (κ1) is 13.5. The number of fused-ring (bicyclic) bond motifs is 1. The molecule has 1 saturated carbocycles. The fourth-order valence-corrected chi connectivity index (χ4v) is 4.47. The Morgan fingerprint density at radius 3 is 2.81 bits per heavy atom. The van der Waals surface area contributed by atoms with Crippen LogP contribution in [0.5, 0.6) is 0 Å². The molecule has 0 N–H and O–H groups in total. The van der Waals surface area contributed by atoms with E-state index in [0.29, 0.717) is 6.04 Å². The topological polar surface area (TPSA) is 29.0 Å². The van der Waals surface area contributed by atoms with Crippen molar-refractivity contribution in [3.05, 3.63) is 29.0 Å². The molecular weight excluding hydrogens is 326 g/mol. The van der Waals surface area contributed by atoms with Crippen molar-refractivity contribution in [2.24, 2.45) is 5.92 Å². The van der Waals surface area contributed by atoms with E-state index in [-0.39, 0.29) is 0 Å². The van der Waals surface area contributed by atoms with E-state index in [9.17, 15) is 0 Å². The Morgan fingerprint density at radius 1 is 1.10 bits per heavy atom. The van der Waals surface area contributed by atoms with Crippen LogP contribution in [0.3, 0.4) is 0 Å². The Balaban J connectivity index is 1.74. The standard InChI is InChI=1S/C17H20BrN3/c18-13-10-14-17(20-11-13)16(7-8-19-14)21-9-3-6-15(21)12-4-1-2-5-12/h7-8,10-12,15H,1-6,9H2. The van der Waals surface area contributed by atoms with Crippen LogP contribution in [0.1, 0.15) is 38.5 Å². The second-order valence-electron chi connectivity index (χ2n) is 6.30. The quantitative estimate of drug-likeness (QED) is 0.799. The van der Waals surface area contributed by atoms with Crippen molar-refractivity contribution in [2.75, 3.05) is 11.4 Å². The molecule has 2 fully saturated rings. The summed E-state index contributed by atoms with van der Waals surface area (Å²) in [5.41, 5.74) is 3.31. The van der Waals surface area contributed by atoms with Crippen molar-refractivity contribution >= 4 is 32.7 Å². The summed E-state index contributed by atoms with van der Waals surface area (Å²) >= 11 is 3.49. The minimum absolute atomic E-state index is 0.712. The molecule has 1 atom stereocenters. The molecule has 1 aliphatic carbocycles. The van der Waals surface area contributed by atoms with E-state index in [2.05, 4.69) is 42.9 Å². The molecular formula is C17H20BrN3. The van der Waals surface area contributed by atoms with Crippen LogP contribution in [0, 0.1) is 5.92 Å². The predicted molar refractivity (Wildman–Crippen MR) is 89.6 cm³/mol. The van der Waals surface area contributed by atoms with E-state index >= 15 is 0 Å². The van der Waals surface area contributed by atoms with Gasteiger partial charge in [-0.05, 0) is 59.7 Å². The van der Waals surface area contributed by atoms with Crippen LogP contribution in [0.25, 0.3) is 11.0 Å². The Morgan fingerprint density at radius 2 is 1.95 bits per heavy atom. The molecule has 3 heterocycles. The second-order valence-corrected chi connectivity index (χ2v) is 7.21. The molecule has 1 aliphatic heterocycles. The molecule has 1 unspecified atom stereocenters. The lowest BCUT2D eigenvalue weighted by Crippen LogP contribution is -2.34. The molecule has 21 heavy (non-hydrogen) atoms. The number of nitrogens with zero attached hydrogens (tertiary/aromatic N) is 3. The summed E-state index contributed by atoms with van der Waals surface area (Å²) in [6.45, 7) is 1.16. The van der Waals surface area contributed by atoms with E-state index in [0.717, 1.165) is 28.0 Å². The molecule has 3 nitrogen and oxygen atoms in total. The molecule has 0 amide bonds. The van der Waals surface area contributed by atoms with Gasteiger partial charge in [0.1, 0.15) is 5.52 Å². The van der Waals surface area contributed by atoms with Crippen LogP contribution in [-0.4, -0.2) is 22.6 Å². The number of anilines is 1. The summed E-state index contributed by atoms with van der Waals surface area (Å²) in [4.78, 5) is 11.7. The third-order valence-corrected chi connectivity index (χ3v) is 5.51. The van der Waals surface area contributed by atoms with E-state index in [4.69, 9.17) is 0 Å². The maximum Gasteiger partial charge on any atom is 0.112 e. The van der Waals surface area contributed by atoms with Crippen molar-refractivity contribution < 1.29 is 0 Å². The molecule has 0 aromatic carbocycles. The maximum atomic E-state index is 4.64. The van der Waals surface area contributed by atoms with Crippen molar-refractivity contribution in [3.8, 4) is 0 Å². The van der Waals surface area contributed by atoms with E-state index in [1.807, 2.05) is 12.4 Å². The molecule has 4 heteroatoms. The monoisotopic (exact) mass is 345 g/mol. The SMILES string of the molecule is Brc1cnc2c(N3CCCC3C3CCCC3)ccnc2c1. The predicted octanol–water partition coefficient (Wildman–Crippen LogP) is 4.55. The Labute approximate surface area is 133 Å². The molecule has 0 spiro atoms. The number of hydrogen-bond acceptors (Lipinski definition) is 3. The van der Waals surface area contributed by atoms with Gasteiger partial charge in [0.2, 0.25) is 0 Å². The van der Waals surface area contributed by atoms with Gasteiger partial charge in [-0.2, -0.15) is 0 Å². The first-order valence-electron chi connectivity index (χ1n) is 8.00. The highest BCUT2D eigenvalue weighted by atomic mass is 79.9. The van der Waals surface area contributed by atoms with Gasteiger partial charge in [-0.25, -0.2) is 0 Å². The second kappa shape index (κ2) is 5.56. The summed E-state index contributed by atoms with van der Waals surface area (Å²) in [6, 6.07) is 4.92. The third kappa shape index (κ3) is 2.44. The molecule has 0 radical (unpaired) electrons. The van der Waals surface area contributed by atoms with Crippen LogP contribution < -0.4 is 4.90 Å². The van der Waals surface area contributed by atoms with Crippen molar-refractivity contribution in [2.45, 2.75) is 44.6 Å². The lowest BCUT2D eigenvalue weighted by Gasteiger charge is -2.31. The van der Waals surface area contributed by atoms with Gasteiger partial charge in [0.05, 0.1) is 11.2 Å². The molecule has 1 saturated heterocycles. The summed E-state index contributed by atoms with van der Waals surface area (Å²) in [7, 11) is 0. The number of rotatable bonds is 2. The fraction of sp³-hybridized carbons (Fsp3) is 0.529. The number of pyridine rings is 2. The van der Waals surface area contributed by atoms with Crippen molar-refractivity contribution in [3.63, 3.8) is 0 Å². The highest BCUT2D eigenvalue weighted by molar-refractivity contribution is 9.10. The fourth-order valence-electron chi connectivity index (χ4n) is 4.15. The minimum atomic E-state index is 0.712. The van der Waals surface area contributed by atoms with Gasteiger partial charge < -0.3 is 4.90 Å². The Kier molecular flexibility index (Phi) is 3.57. The van der Waals surface area contributed by atoms with E-state index < -0.39 is 0 Å². The van der Waals surface area contributed by atoms with Crippen molar-refractivity contribution in [1.82, 2.24) is 9.97 Å². The zero-order chi connectivity index (χ0) is 14.2. The smallest absolute Gasteiger partial charge is 0.112 e. The van der Waals surface area contributed by atoms with Gasteiger partial charge in [-0.15, -0.1) is 0 Å². The van der Waals surface area contributed by atoms with Gasteiger partial charge in [0.25, 0.3) is 0 Å². The lowest BCUT2D eigenvalue weighted by molar-refractivity contribution is 0.431. The van der Waals surface area contributed by atoms with Crippen LogP contribution in [0.4, 0.5) is 5.69 Å². The number of aromatic nitrogens is 2. The molecule has 2 aliphatic rings. The molecule has 0 bridgehead atoms. The number of halogens is 1. The minimum Gasteiger partial charge on any atom is -0.366 e. The van der Waals surface area contributed by atoms with E-state index in [1.165, 1.54) is 44.2 Å². The Bertz CT molecular complexity index is 652. The zero-order valence-corrected chi connectivity index (χ0v) is 13.7. The first-order valence-corrected chi connectivity index (χ1v) is 8.79. The third-order valence-electron chi connectivity index (χ3n) is 5.08. The summed E-state index contributed by atoms with van der Waals surface area (Å²) in [5.74, 6) is 0.881. The molecule has 110 valence electrons. The normalized spacial score (nSPS) is 23.3. The van der Waals surface area contributed by atoms with Gasteiger partial charge in [0.15, 0.2) is 0 Å². The lowest BCUT2D eigenvalue weighted by atomic mass is 9.95. The van der Waals surface area contributed by atoms with Gasteiger partial charge in [-0.3, -0.25) is 9.97 Å². The largest absolute Gasteiger partial charge is 0.366 e. The van der Waals surface area contributed by atoms with Gasteiger partial charge in [0, 0.05) is 29.5 Å². The number of hydrogen-bond donors (Lipinski definition) is 0. The zero-order valence-electron chi connectivity index (χ0n) is 12.1. The van der Waals surface area contributed by atoms with Crippen LogP contribution in [0.2, 0.25) is 0 Å². The van der Waals surface area contributed by atoms with Crippen LogP contribution in [-0.2, 0) is 0 Å². The van der Waals surface area contributed by atoms with Gasteiger partial charge >= 0.3 is 0 Å². The highest BCUT2D eigenvalue weighted by Gasteiger charge is 2.34. The van der Waals surface area contributed by atoms with Crippen LogP contribution in [0.15, 0.2) is 29.0 Å². The van der Waals surface area contributed by atoms with Gasteiger partial charge in [-0.1, -0.05) is 12.8 Å². The highest BCUT2D eigenvalue weighted by Crippen LogP contribution is 2.39. The molecule has 4 rings (SSSR count). The average Bonchev–Trinajstić information content (AvgIpc) is 3.17.